The molecule has 0 saturated carbocycles. The van der Waals surface area contributed by atoms with Gasteiger partial charge in [-0.05, 0) is 19.3 Å². The Hall–Kier alpha value is -1.07. The molecule has 1 aliphatic rings. The van der Waals surface area contributed by atoms with E-state index in [0.717, 1.165) is 51.4 Å². The number of hydrogen-bond acceptors (Lipinski definition) is 8. The Morgan fingerprint density at radius 1 is 0.750 bits per heavy atom. The van der Waals surface area contributed by atoms with Crippen LogP contribution in [0.4, 0.5) is 0 Å². The highest BCUT2D eigenvalue weighted by Crippen LogP contribution is 2.22. The molecule has 1 rings (SSSR count). The fraction of sp³-hybridized carbons (Fsp3) is 0.914. The minimum Gasteiger partial charge on any atom is -0.394 e. The van der Waals surface area contributed by atoms with Crippen LogP contribution in [0.25, 0.3) is 0 Å². The van der Waals surface area contributed by atoms with Gasteiger partial charge in [0, 0.05) is 6.42 Å². The van der Waals surface area contributed by atoms with Crippen LogP contribution >= 0.6 is 0 Å². The molecule has 0 radical (unpaired) electrons. The lowest BCUT2D eigenvalue weighted by Gasteiger charge is -2.40. The molecule has 1 amide bonds. The maximum absolute atomic E-state index is 12.6. The average Bonchev–Trinajstić information content (AvgIpc) is 3.02. The normalized spacial score (nSPS) is 23.7. The number of carbonyl (C=O) groups is 1. The fourth-order valence-electron chi connectivity index (χ4n) is 5.62. The van der Waals surface area contributed by atoms with Gasteiger partial charge in [0.2, 0.25) is 5.91 Å². The highest BCUT2D eigenvalue weighted by atomic mass is 16.7. The molecule has 7 atom stereocenters. The van der Waals surface area contributed by atoms with Crippen molar-refractivity contribution in [2.24, 2.45) is 0 Å². The first kappa shape index (κ1) is 41.0. The van der Waals surface area contributed by atoms with Crippen molar-refractivity contribution in [1.29, 1.82) is 0 Å². The molecule has 6 N–H and O–H groups in total. The number of nitrogens with one attached hydrogen (secondary N) is 1. The van der Waals surface area contributed by atoms with Crippen LogP contribution in [0.3, 0.4) is 0 Å². The average molecular weight is 630 g/mol. The standard InChI is InChI=1S/C35H67NO8/c1-3-5-7-9-10-11-12-13-14-15-16-17-18-19-21-22-24-29(38)28(36-31(39)25-23-20-8-6-4-2)27-43-35-34(42)33(41)32(40)30(26-37)44-35/h22,24,28-30,32-35,37-38,40-42H,3-21,23,25-27H2,1-2H3,(H,36,39)/b24-22+. The smallest absolute Gasteiger partial charge is 0.220 e. The van der Waals surface area contributed by atoms with E-state index in [9.17, 15) is 30.3 Å². The molecule has 0 aromatic carbocycles. The minimum atomic E-state index is -1.56. The summed E-state index contributed by atoms with van der Waals surface area (Å²) >= 11 is 0. The number of amides is 1. The predicted molar refractivity (Wildman–Crippen MR) is 175 cm³/mol. The summed E-state index contributed by atoms with van der Waals surface area (Å²) in [6.45, 7) is 3.65. The number of unbranched alkanes of at least 4 members (excludes halogenated alkanes) is 18. The van der Waals surface area contributed by atoms with Gasteiger partial charge in [0.15, 0.2) is 6.29 Å². The Morgan fingerprint density at radius 3 is 1.77 bits per heavy atom. The second-order valence-corrected chi connectivity index (χ2v) is 12.7. The number of rotatable bonds is 28. The molecule has 0 bridgehead atoms. The third kappa shape index (κ3) is 18.8. The first-order valence-electron chi connectivity index (χ1n) is 17.9. The lowest BCUT2D eigenvalue weighted by atomic mass is 9.99. The fourth-order valence-corrected chi connectivity index (χ4v) is 5.62. The second-order valence-electron chi connectivity index (χ2n) is 12.7. The number of ether oxygens (including phenoxy) is 2. The van der Waals surface area contributed by atoms with E-state index in [1.807, 2.05) is 6.08 Å². The van der Waals surface area contributed by atoms with E-state index < -0.39 is 49.5 Å². The molecule has 1 saturated heterocycles. The highest BCUT2D eigenvalue weighted by molar-refractivity contribution is 5.76. The van der Waals surface area contributed by atoms with Crippen LogP contribution in [-0.2, 0) is 14.3 Å². The van der Waals surface area contributed by atoms with Gasteiger partial charge in [0.05, 0.1) is 25.4 Å². The Balaban J connectivity index is 2.40. The Morgan fingerprint density at radius 2 is 1.25 bits per heavy atom. The highest BCUT2D eigenvalue weighted by Gasteiger charge is 2.44. The molecule has 1 heterocycles. The van der Waals surface area contributed by atoms with Crippen molar-refractivity contribution in [2.45, 2.75) is 192 Å². The minimum absolute atomic E-state index is 0.186. The monoisotopic (exact) mass is 629 g/mol. The number of aliphatic hydroxyl groups excluding tert-OH is 5. The molecule has 0 aromatic heterocycles. The third-order valence-corrected chi connectivity index (χ3v) is 8.61. The molecule has 0 aromatic rings. The summed E-state index contributed by atoms with van der Waals surface area (Å²) < 4.78 is 11.1. The molecule has 260 valence electrons. The predicted octanol–water partition coefficient (Wildman–Crippen LogP) is 5.44. The second kappa shape index (κ2) is 27.1. The van der Waals surface area contributed by atoms with Crippen molar-refractivity contribution in [3.05, 3.63) is 12.2 Å². The molecule has 9 heteroatoms. The molecule has 1 aliphatic heterocycles. The van der Waals surface area contributed by atoms with Crippen molar-refractivity contribution in [3.63, 3.8) is 0 Å². The Kier molecular flexibility index (Phi) is 25.2. The number of carbonyl (C=O) groups excluding carboxylic acids is 1. The van der Waals surface area contributed by atoms with E-state index in [0.29, 0.717) is 6.42 Å². The zero-order chi connectivity index (χ0) is 32.4. The van der Waals surface area contributed by atoms with E-state index in [1.54, 1.807) is 6.08 Å². The summed E-state index contributed by atoms with van der Waals surface area (Å²) in [7, 11) is 0. The van der Waals surface area contributed by atoms with Crippen molar-refractivity contribution < 1.29 is 39.8 Å². The van der Waals surface area contributed by atoms with Gasteiger partial charge in [-0.3, -0.25) is 4.79 Å². The lowest BCUT2D eigenvalue weighted by molar-refractivity contribution is -0.302. The van der Waals surface area contributed by atoms with E-state index in [-0.39, 0.29) is 12.5 Å². The summed E-state index contributed by atoms with van der Waals surface area (Å²) in [5, 5.41) is 53.5. The Bertz CT molecular complexity index is 706. The summed E-state index contributed by atoms with van der Waals surface area (Å²) in [6.07, 6.45) is 20.1. The van der Waals surface area contributed by atoms with Gasteiger partial charge in [-0.15, -0.1) is 0 Å². The SMILES string of the molecule is CCCCCCCCCCCCCCCC/C=C/C(O)C(COC1OC(CO)C(O)C(O)C1O)NC(=O)CCCCCCC. The number of allylic oxidation sites excluding steroid dienone is 1. The molecule has 9 nitrogen and oxygen atoms in total. The van der Waals surface area contributed by atoms with Gasteiger partial charge >= 0.3 is 0 Å². The van der Waals surface area contributed by atoms with Gasteiger partial charge in [-0.2, -0.15) is 0 Å². The van der Waals surface area contributed by atoms with Crippen LogP contribution in [0, 0.1) is 0 Å². The number of hydrogen-bond donors (Lipinski definition) is 6. The third-order valence-electron chi connectivity index (χ3n) is 8.61. The molecular formula is C35H67NO8. The summed E-state index contributed by atoms with van der Waals surface area (Å²) in [4.78, 5) is 12.6. The van der Waals surface area contributed by atoms with Crippen molar-refractivity contribution >= 4 is 5.91 Å². The molecular weight excluding hydrogens is 562 g/mol. The lowest BCUT2D eigenvalue weighted by Crippen LogP contribution is -2.60. The van der Waals surface area contributed by atoms with E-state index >= 15 is 0 Å². The first-order chi connectivity index (χ1) is 21.3. The molecule has 0 spiro atoms. The van der Waals surface area contributed by atoms with Crippen LogP contribution in [0.2, 0.25) is 0 Å². The van der Waals surface area contributed by atoms with Crippen molar-refractivity contribution in [3.8, 4) is 0 Å². The summed E-state index contributed by atoms with van der Waals surface area (Å²) in [5.74, 6) is -0.191. The zero-order valence-corrected chi connectivity index (χ0v) is 27.9. The van der Waals surface area contributed by atoms with Crippen LogP contribution < -0.4 is 5.32 Å². The van der Waals surface area contributed by atoms with Crippen LogP contribution in [0.5, 0.6) is 0 Å². The van der Waals surface area contributed by atoms with E-state index in [1.165, 1.54) is 77.0 Å². The van der Waals surface area contributed by atoms with Gasteiger partial charge in [0.1, 0.15) is 24.4 Å². The maximum Gasteiger partial charge on any atom is 0.220 e. The van der Waals surface area contributed by atoms with E-state index in [2.05, 4.69) is 19.2 Å². The summed E-state index contributed by atoms with van der Waals surface area (Å²) in [6, 6.07) is -0.793. The van der Waals surface area contributed by atoms with Gasteiger partial charge in [-0.1, -0.05) is 135 Å². The van der Waals surface area contributed by atoms with Gasteiger partial charge in [-0.25, -0.2) is 0 Å². The van der Waals surface area contributed by atoms with Gasteiger partial charge < -0.3 is 40.3 Å². The first-order valence-corrected chi connectivity index (χ1v) is 17.9. The topological polar surface area (TPSA) is 149 Å². The molecule has 7 unspecified atom stereocenters. The quantitative estimate of drug-likeness (QED) is 0.0495. The molecule has 0 aliphatic carbocycles. The van der Waals surface area contributed by atoms with Crippen molar-refractivity contribution in [1.82, 2.24) is 5.32 Å². The Labute approximate surface area is 267 Å². The largest absolute Gasteiger partial charge is 0.394 e. The number of aliphatic hydroxyl groups is 5. The molecule has 44 heavy (non-hydrogen) atoms. The van der Waals surface area contributed by atoms with E-state index in [4.69, 9.17) is 9.47 Å². The molecule has 1 fully saturated rings. The maximum atomic E-state index is 12.6. The van der Waals surface area contributed by atoms with Crippen LogP contribution in [0.1, 0.15) is 149 Å². The van der Waals surface area contributed by atoms with Crippen molar-refractivity contribution in [2.75, 3.05) is 13.2 Å². The summed E-state index contributed by atoms with van der Waals surface area (Å²) in [5.41, 5.74) is 0. The zero-order valence-electron chi connectivity index (χ0n) is 27.9. The van der Waals surface area contributed by atoms with Gasteiger partial charge in [0.25, 0.3) is 0 Å². The van der Waals surface area contributed by atoms with Crippen LogP contribution in [0.15, 0.2) is 12.2 Å². The van der Waals surface area contributed by atoms with Crippen LogP contribution in [-0.4, -0.2) is 87.5 Å².